The van der Waals surface area contributed by atoms with Gasteiger partial charge in [-0.1, -0.05) is 65.3 Å². The molecule has 0 radical (unpaired) electrons. The molecule has 0 saturated heterocycles. The molecule has 112 valence electrons. The summed E-state index contributed by atoms with van der Waals surface area (Å²) in [5, 5.41) is 1.72. The summed E-state index contributed by atoms with van der Waals surface area (Å²) in [6.07, 6.45) is 3.66. The number of rotatable bonds is 7. The van der Waals surface area contributed by atoms with Gasteiger partial charge in [-0.15, -0.1) is 15.3 Å². The number of aryl methyl sites for hydroxylation is 1. The van der Waals surface area contributed by atoms with Gasteiger partial charge in [0, 0.05) is 6.42 Å². The van der Waals surface area contributed by atoms with E-state index in [-0.39, 0.29) is 5.04 Å². The number of hydrogen-bond donors (Lipinski definition) is 0. The first-order valence-corrected chi connectivity index (χ1v) is 11.8. The van der Waals surface area contributed by atoms with Gasteiger partial charge < -0.3 is 4.79 Å². The molecule has 0 aliphatic carbocycles. The fourth-order valence-electron chi connectivity index (χ4n) is 2.41. The summed E-state index contributed by atoms with van der Waals surface area (Å²) in [7, 11) is -1.30. The molecular formula is C17H27BrOSi. The molecule has 0 saturated carbocycles. The van der Waals surface area contributed by atoms with E-state index in [9.17, 15) is 4.79 Å². The van der Waals surface area contributed by atoms with Crippen molar-refractivity contribution in [2.75, 3.05) is 0 Å². The van der Waals surface area contributed by atoms with E-state index in [1.165, 1.54) is 17.2 Å². The van der Waals surface area contributed by atoms with E-state index in [0.29, 0.717) is 11.8 Å². The molecule has 20 heavy (non-hydrogen) atoms. The highest BCUT2D eigenvalue weighted by Crippen LogP contribution is 2.50. The molecule has 0 aliphatic heterocycles. The van der Waals surface area contributed by atoms with Gasteiger partial charge in [0.2, 0.25) is 0 Å². The molecule has 1 nitrogen and oxygen atoms in total. The van der Waals surface area contributed by atoms with E-state index in [4.69, 9.17) is 0 Å². The smallest absolute Gasteiger partial charge is 0.151 e. The van der Waals surface area contributed by atoms with E-state index < -0.39 is 7.42 Å². The van der Waals surface area contributed by atoms with Gasteiger partial charge in [-0.2, -0.15) is 0 Å². The molecule has 1 aromatic carbocycles. The summed E-state index contributed by atoms with van der Waals surface area (Å²) in [5.74, 6) is 0. The minimum absolute atomic E-state index is 0.263. The number of halogens is 1. The van der Waals surface area contributed by atoms with E-state index >= 15 is 0 Å². The molecule has 3 heteroatoms. The molecule has 0 aliphatic rings. The molecule has 0 fully saturated rings. The third kappa shape index (κ3) is 3.61. The van der Waals surface area contributed by atoms with Crippen molar-refractivity contribution in [3.05, 3.63) is 29.8 Å². The maximum absolute atomic E-state index is 10.7. The Labute approximate surface area is 133 Å². The highest BCUT2D eigenvalue weighted by atomic mass is 79.9. The molecule has 1 rings (SSSR count). The Morgan fingerprint density at radius 1 is 1.20 bits per heavy atom. The van der Waals surface area contributed by atoms with Crippen LogP contribution in [0.25, 0.3) is 0 Å². The topological polar surface area (TPSA) is 17.1 Å². The van der Waals surface area contributed by atoms with Crippen molar-refractivity contribution in [2.45, 2.75) is 58.9 Å². The highest BCUT2D eigenvalue weighted by Gasteiger charge is 2.43. The average molecular weight is 355 g/mol. The summed E-state index contributed by atoms with van der Waals surface area (Å²) in [6, 6.07) is 8.63. The van der Waals surface area contributed by atoms with Crippen molar-refractivity contribution in [1.29, 1.82) is 0 Å². The zero-order chi connectivity index (χ0) is 15.4. The molecule has 1 atom stereocenters. The lowest BCUT2D eigenvalue weighted by Crippen LogP contribution is -2.44. The summed E-state index contributed by atoms with van der Waals surface area (Å²) >= 11 is 4.08. The van der Waals surface area contributed by atoms with Crippen molar-refractivity contribution < 1.29 is 4.79 Å². The first kappa shape index (κ1) is 17.6. The number of benzene rings is 1. The van der Waals surface area contributed by atoms with Gasteiger partial charge in [-0.25, -0.2) is 0 Å². The standard InChI is InChI=1S/C17H27BrOSi/c1-6-16(2,3)17(4,5)20(18)15-12-8-7-10-14(15)11-9-13-19/h7-8,10,12-13,20H,6,9,11H2,1-5H3. The summed E-state index contributed by atoms with van der Waals surface area (Å²) < 4.78 is 0. The lowest BCUT2D eigenvalue weighted by molar-refractivity contribution is -0.107. The maximum Gasteiger partial charge on any atom is 0.151 e. The monoisotopic (exact) mass is 354 g/mol. The summed E-state index contributed by atoms with van der Waals surface area (Å²) in [6.45, 7) is 11.8. The first-order valence-electron chi connectivity index (χ1n) is 7.43. The second-order valence-electron chi connectivity index (χ2n) is 6.73. The fourth-order valence-corrected chi connectivity index (χ4v) is 8.12. The van der Waals surface area contributed by atoms with E-state index in [2.05, 4.69) is 74.2 Å². The van der Waals surface area contributed by atoms with Crippen molar-refractivity contribution >= 4 is 34.2 Å². The largest absolute Gasteiger partial charge is 0.303 e. The maximum atomic E-state index is 10.7. The molecule has 0 aromatic heterocycles. The first-order chi connectivity index (χ1) is 9.28. The number of hydrogen-bond acceptors (Lipinski definition) is 1. The Balaban J connectivity index is 3.14. The van der Waals surface area contributed by atoms with Gasteiger partial charge in [0.1, 0.15) is 6.29 Å². The molecule has 0 spiro atoms. The predicted molar refractivity (Wildman–Crippen MR) is 94.7 cm³/mol. The second kappa shape index (κ2) is 7.03. The van der Waals surface area contributed by atoms with Crippen LogP contribution in [0.5, 0.6) is 0 Å². The van der Waals surface area contributed by atoms with Crippen LogP contribution in [0.1, 0.15) is 53.0 Å². The third-order valence-corrected chi connectivity index (χ3v) is 13.2. The SMILES string of the molecule is CCC(C)(C)C(C)(C)[SiH](Br)c1ccccc1CCC=O. The molecule has 1 unspecified atom stereocenters. The van der Waals surface area contributed by atoms with Gasteiger partial charge in [-0.3, -0.25) is 0 Å². The predicted octanol–water partition coefficient (Wildman–Crippen LogP) is 4.36. The molecule has 0 amide bonds. The number of carbonyl (C=O) groups is 1. The van der Waals surface area contributed by atoms with Gasteiger partial charge in [0.25, 0.3) is 0 Å². The van der Waals surface area contributed by atoms with E-state index in [0.717, 1.165) is 12.7 Å². The Bertz CT molecular complexity index is 454. The highest BCUT2D eigenvalue weighted by molar-refractivity contribution is 9.25. The Morgan fingerprint density at radius 2 is 1.80 bits per heavy atom. The minimum atomic E-state index is -1.30. The zero-order valence-corrected chi connectivity index (χ0v) is 16.1. The van der Waals surface area contributed by atoms with Crippen LogP contribution in [0.2, 0.25) is 5.04 Å². The summed E-state index contributed by atoms with van der Waals surface area (Å²) in [4.78, 5) is 10.7. The third-order valence-electron chi connectivity index (χ3n) is 5.12. The molecular weight excluding hydrogens is 328 g/mol. The minimum Gasteiger partial charge on any atom is -0.303 e. The van der Waals surface area contributed by atoms with Crippen LogP contribution in [0.4, 0.5) is 0 Å². The van der Waals surface area contributed by atoms with Gasteiger partial charge in [0.05, 0.1) is 0 Å². The second-order valence-corrected chi connectivity index (χ2v) is 12.3. The van der Waals surface area contributed by atoms with Crippen LogP contribution in [0.15, 0.2) is 24.3 Å². The lowest BCUT2D eigenvalue weighted by Gasteiger charge is -2.44. The molecule has 0 N–H and O–H groups in total. The van der Waals surface area contributed by atoms with Gasteiger partial charge in [-0.05, 0) is 27.6 Å². The van der Waals surface area contributed by atoms with Crippen molar-refractivity contribution in [1.82, 2.24) is 0 Å². The Kier molecular flexibility index (Phi) is 6.20. The molecule has 1 aromatic rings. The molecule has 0 bridgehead atoms. The lowest BCUT2D eigenvalue weighted by atomic mass is 9.78. The van der Waals surface area contributed by atoms with Crippen LogP contribution in [0, 0.1) is 5.41 Å². The number of carbonyl (C=O) groups excluding carboxylic acids is 1. The zero-order valence-electron chi connectivity index (χ0n) is 13.4. The van der Waals surface area contributed by atoms with Crippen LogP contribution in [0.3, 0.4) is 0 Å². The fraction of sp³-hybridized carbons (Fsp3) is 0.588. The van der Waals surface area contributed by atoms with Crippen molar-refractivity contribution in [2.24, 2.45) is 5.41 Å². The van der Waals surface area contributed by atoms with Crippen LogP contribution in [-0.4, -0.2) is 13.7 Å². The quantitative estimate of drug-likeness (QED) is 0.403. The normalized spacial score (nSPS) is 14.1. The van der Waals surface area contributed by atoms with Crippen molar-refractivity contribution in [3.8, 4) is 0 Å². The van der Waals surface area contributed by atoms with Crippen LogP contribution in [-0.2, 0) is 11.2 Å². The van der Waals surface area contributed by atoms with Gasteiger partial charge >= 0.3 is 0 Å². The van der Waals surface area contributed by atoms with Crippen LogP contribution >= 0.6 is 15.3 Å². The Morgan fingerprint density at radius 3 is 2.35 bits per heavy atom. The van der Waals surface area contributed by atoms with E-state index in [1.807, 2.05) is 0 Å². The van der Waals surface area contributed by atoms with Gasteiger partial charge in [0.15, 0.2) is 7.42 Å². The average Bonchev–Trinajstić information content (AvgIpc) is 2.44. The van der Waals surface area contributed by atoms with Crippen molar-refractivity contribution in [3.63, 3.8) is 0 Å². The summed E-state index contributed by atoms with van der Waals surface area (Å²) in [5.41, 5.74) is 1.64. The molecule has 0 heterocycles. The number of aldehydes is 1. The Hall–Kier alpha value is -0.413. The van der Waals surface area contributed by atoms with Crippen LogP contribution < -0.4 is 5.19 Å². The van der Waals surface area contributed by atoms with E-state index in [1.54, 1.807) is 0 Å².